The van der Waals surface area contributed by atoms with Crippen molar-refractivity contribution >= 4 is 22.4 Å². The maximum atomic E-state index is 6.29. The zero-order valence-corrected chi connectivity index (χ0v) is 12.5. The Kier molecular flexibility index (Phi) is 3.82. The van der Waals surface area contributed by atoms with Gasteiger partial charge in [0.15, 0.2) is 0 Å². The molecule has 0 heterocycles. The Morgan fingerprint density at radius 3 is 2.48 bits per heavy atom. The van der Waals surface area contributed by atoms with Crippen LogP contribution in [0.5, 0.6) is 11.5 Å². The quantitative estimate of drug-likeness (QED) is 0.711. The van der Waals surface area contributed by atoms with Crippen molar-refractivity contribution in [3.8, 4) is 11.5 Å². The predicted molar refractivity (Wildman–Crippen MR) is 88.1 cm³/mol. The van der Waals surface area contributed by atoms with Gasteiger partial charge in [0.05, 0.1) is 5.02 Å². The van der Waals surface area contributed by atoms with Crippen molar-refractivity contribution in [2.24, 2.45) is 5.73 Å². The average molecular weight is 298 g/mol. The Morgan fingerprint density at radius 2 is 1.71 bits per heavy atom. The van der Waals surface area contributed by atoms with E-state index < -0.39 is 0 Å². The molecule has 0 radical (unpaired) electrons. The molecule has 3 rings (SSSR count). The van der Waals surface area contributed by atoms with E-state index in [1.165, 1.54) is 0 Å². The second kappa shape index (κ2) is 5.76. The first-order valence-corrected chi connectivity index (χ1v) is 7.23. The van der Waals surface area contributed by atoms with Gasteiger partial charge < -0.3 is 10.5 Å². The number of benzene rings is 3. The summed E-state index contributed by atoms with van der Waals surface area (Å²) in [5, 5.41) is 2.77. The Bertz CT molecular complexity index is 778. The molecule has 2 N–H and O–H groups in total. The van der Waals surface area contributed by atoms with E-state index >= 15 is 0 Å². The number of fused-ring (bicyclic) bond motifs is 1. The minimum absolute atomic E-state index is 0.0471. The molecule has 21 heavy (non-hydrogen) atoms. The van der Waals surface area contributed by atoms with Crippen LogP contribution < -0.4 is 10.5 Å². The van der Waals surface area contributed by atoms with Crippen molar-refractivity contribution in [1.29, 1.82) is 0 Å². The Hall–Kier alpha value is -2.03. The lowest BCUT2D eigenvalue weighted by Gasteiger charge is -2.12. The van der Waals surface area contributed by atoms with Crippen LogP contribution in [0.25, 0.3) is 10.8 Å². The van der Waals surface area contributed by atoms with Gasteiger partial charge in [-0.05, 0) is 36.1 Å². The molecular formula is C18H16ClNO. The number of ether oxygens (including phenoxy) is 1. The number of hydrogen-bond donors (Lipinski definition) is 1. The molecule has 1 atom stereocenters. The fourth-order valence-electron chi connectivity index (χ4n) is 2.29. The summed E-state index contributed by atoms with van der Waals surface area (Å²) in [6.45, 7) is 1.93. The summed E-state index contributed by atoms with van der Waals surface area (Å²) < 4.78 is 5.98. The summed E-state index contributed by atoms with van der Waals surface area (Å²) in [4.78, 5) is 0. The van der Waals surface area contributed by atoms with Gasteiger partial charge in [-0.2, -0.15) is 0 Å². The molecule has 0 aliphatic heterocycles. The van der Waals surface area contributed by atoms with Crippen molar-refractivity contribution < 1.29 is 4.74 Å². The van der Waals surface area contributed by atoms with Crippen LogP contribution in [0.3, 0.4) is 0 Å². The van der Waals surface area contributed by atoms with Crippen molar-refractivity contribution in [2.45, 2.75) is 13.0 Å². The molecule has 0 amide bonds. The molecule has 1 unspecified atom stereocenters. The highest BCUT2D eigenvalue weighted by molar-refractivity contribution is 6.32. The smallest absolute Gasteiger partial charge is 0.146 e. The lowest BCUT2D eigenvalue weighted by molar-refractivity contribution is 0.488. The monoisotopic (exact) mass is 297 g/mol. The molecule has 0 aliphatic rings. The Morgan fingerprint density at radius 1 is 0.952 bits per heavy atom. The van der Waals surface area contributed by atoms with Crippen LogP contribution in [0, 0.1) is 0 Å². The third-order valence-corrected chi connectivity index (χ3v) is 3.75. The van der Waals surface area contributed by atoms with Gasteiger partial charge in [-0.15, -0.1) is 0 Å². The minimum Gasteiger partial charge on any atom is -0.455 e. The van der Waals surface area contributed by atoms with Gasteiger partial charge in [0.2, 0.25) is 0 Å². The molecule has 0 aromatic heterocycles. The standard InChI is InChI=1S/C18H16ClNO/c1-12(20)14-9-10-18(16(19)11-14)21-17-8-4-6-13-5-2-3-7-15(13)17/h2-12H,20H2,1H3. The number of nitrogens with two attached hydrogens (primary N) is 1. The molecular weight excluding hydrogens is 282 g/mol. The SMILES string of the molecule is CC(N)c1ccc(Oc2cccc3ccccc23)c(Cl)c1. The van der Waals surface area contributed by atoms with E-state index in [1.54, 1.807) is 0 Å². The van der Waals surface area contributed by atoms with E-state index in [0.29, 0.717) is 10.8 Å². The second-order valence-electron chi connectivity index (χ2n) is 5.06. The van der Waals surface area contributed by atoms with Gasteiger partial charge in [0, 0.05) is 11.4 Å². The third-order valence-electron chi connectivity index (χ3n) is 3.45. The molecule has 106 valence electrons. The molecule has 3 heteroatoms. The predicted octanol–water partition coefficient (Wildman–Crippen LogP) is 5.31. The first-order valence-electron chi connectivity index (χ1n) is 6.86. The van der Waals surface area contributed by atoms with Gasteiger partial charge in [-0.3, -0.25) is 0 Å². The minimum atomic E-state index is -0.0471. The van der Waals surface area contributed by atoms with E-state index in [2.05, 4.69) is 12.1 Å². The first kappa shape index (κ1) is 13.9. The van der Waals surface area contributed by atoms with Crippen molar-refractivity contribution in [3.05, 3.63) is 71.2 Å². The summed E-state index contributed by atoms with van der Waals surface area (Å²) in [7, 11) is 0. The number of halogens is 1. The number of rotatable bonds is 3. The molecule has 2 nitrogen and oxygen atoms in total. The van der Waals surface area contributed by atoms with E-state index in [0.717, 1.165) is 22.1 Å². The lowest BCUT2D eigenvalue weighted by atomic mass is 10.1. The zero-order chi connectivity index (χ0) is 14.8. The highest BCUT2D eigenvalue weighted by Gasteiger charge is 2.08. The summed E-state index contributed by atoms with van der Waals surface area (Å²) in [5.41, 5.74) is 6.85. The van der Waals surface area contributed by atoms with Crippen LogP contribution in [0.1, 0.15) is 18.5 Å². The lowest BCUT2D eigenvalue weighted by Crippen LogP contribution is -2.04. The normalized spacial score (nSPS) is 12.3. The van der Waals surface area contributed by atoms with Gasteiger partial charge in [0.25, 0.3) is 0 Å². The van der Waals surface area contributed by atoms with Crippen LogP contribution in [0.2, 0.25) is 5.02 Å². The van der Waals surface area contributed by atoms with Crippen LogP contribution in [-0.2, 0) is 0 Å². The van der Waals surface area contributed by atoms with Crippen LogP contribution in [0.15, 0.2) is 60.7 Å². The third kappa shape index (κ3) is 2.87. The highest BCUT2D eigenvalue weighted by Crippen LogP contribution is 2.34. The number of hydrogen-bond acceptors (Lipinski definition) is 2. The largest absolute Gasteiger partial charge is 0.455 e. The fourth-order valence-corrected chi connectivity index (χ4v) is 2.51. The average Bonchev–Trinajstić information content (AvgIpc) is 2.49. The van der Waals surface area contributed by atoms with E-state index in [9.17, 15) is 0 Å². The Labute approximate surface area is 129 Å². The van der Waals surface area contributed by atoms with Crippen LogP contribution in [-0.4, -0.2) is 0 Å². The van der Waals surface area contributed by atoms with Crippen molar-refractivity contribution in [3.63, 3.8) is 0 Å². The Balaban J connectivity index is 1.99. The van der Waals surface area contributed by atoms with Gasteiger partial charge in [0.1, 0.15) is 11.5 Å². The van der Waals surface area contributed by atoms with E-state index in [4.69, 9.17) is 22.1 Å². The molecule has 0 bridgehead atoms. The second-order valence-corrected chi connectivity index (χ2v) is 5.47. The first-order chi connectivity index (χ1) is 10.1. The highest BCUT2D eigenvalue weighted by atomic mass is 35.5. The fraction of sp³-hybridized carbons (Fsp3) is 0.111. The van der Waals surface area contributed by atoms with Gasteiger partial charge in [-0.25, -0.2) is 0 Å². The summed E-state index contributed by atoms with van der Waals surface area (Å²) >= 11 is 6.29. The van der Waals surface area contributed by atoms with Crippen molar-refractivity contribution in [1.82, 2.24) is 0 Å². The summed E-state index contributed by atoms with van der Waals surface area (Å²) in [6.07, 6.45) is 0. The summed E-state index contributed by atoms with van der Waals surface area (Å²) in [5.74, 6) is 1.43. The molecule has 0 spiro atoms. The zero-order valence-electron chi connectivity index (χ0n) is 11.7. The molecule has 3 aromatic rings. The van der Waals surface area contributed by atoms with E-state index in [1.807, 2.05) is 55.5 Å². The van der Waals surface area contributed by atoms with Crippen molar-refractivity contribution in [2.75, 3.05) is 0 Å². The molecule has 3 aromatic carbocycles. The maximum absolute atomic E-state index is 6.29. The van der Waals surface area contributed by atoms with E-state index in [-0.39, 0.29) is 6.04 Å². The van der Waals surface area contributed by atoms with Gasteiger partial charge >= 0.3 is 0 Å². The van der Waals surface area contributed by atoms with Crippen LogP contribution >= 0.6 is 11.6 Å². The van der Waals surface area contributed by atoms with Crippen LogP contribution in [0.4, 0.5) is 0 Å². The maximum Gasteiger partial charge on any atom is 0.146 e. The topological polar surface area (TPSA) is 35.2 Å². The van der Waals surface area contributed by atoms with Gasteiger partial charge in [-0.1, -0.05) is 54.1 Å². The molecule has 0 fully saturated rings. The molecule has 0 saturated carbocycles. The summed E-state index contributed by atoms with van der Waals surface area (Å²) in [6, 6.07) is 19.7. The molecule has 0 saturated heterocycles. The molecule has 0 aliphatic carbocycles.